The fourth-order valence-electron chi connectivity index (χ4n) is 2.38. The van der Waals surface area contributed by atoms with E-state index in [1.165, 1.54) is 6.33 Å². The molecule has 112 valence electrons. The molecule has 1 fully saturated rings. The quantitative estimate of drug-likeness (QED) is 0.919. The van der Waals surface area contributed by atoms with Gasteiger partial charge in [0.15, 0.2) is 0 Å². The third-order valence-corrected chi connectivity index (χ3v) is 3.62. The number of benzene rings is 1. The van der Waals surface area contributed by atoms with Crippen LogP contribution in [-0.4, -0.2) is 42.4 Å². The van der Waals surface area contributed by atoms with Crippen molar-refractivity contribution >= 4 is 10.9 Å². The van der Waals surface area contributed by atoms with Crippen molar-refractivity contribution < 1.29 is 14.2 Å². The minimum atomic E-state index is 0.0698. The second-order valence-corrected chi connectivity index (χ2v) is 5.17. The van der Waals surface area contributed by atoms with E-state index < -0.39 is 0 Å². The van der Waals surface area contributed by atoms with Crippen LogP contribution in [0.15, 0.2) is 24.5 Å². The molecule has 0 spiro atoms. The Labute approximate surface area is 123 Å². The van der Waals surface area contributed by atoms with Gasteiger partial charge < -0.3 is 19.9 Å². The lowest BCUT2D eigenvalue weighted by Crippen LogP contribution is -2.37. The SMILES string of the molecule is COc1ccc2ncnc(OCC3CCC(N)CO3)c2c1. The van der Waals surface area contributed by atoms with E-state index in [0.29, 0.717) is 19.1 Å². The molecule has 21 heavy (non-hydrogen) atoms. The molecule has 2 aromatic rings. The third kappa shape index (κ3) is 3.22. The number of nitrogens with two attached hydrogens (primary N) is 1. The summed E-state index contributed by atoms with van der Waals surface area (Å²) in [7, 11) is 1.63. The minimum Gasteiger partial charge on any atom is -0.497 e. The highest BCUT2D eigenvalue weighted by atomic mass is 16.5. The molecule has 3 rings (SSSR count). The molecule has 2 unspecified atom stereocenters. The van der Waals surface area contributed by atoms with Crippen LogP contribution in [0.3, 0.4) is 0 Å². The molecule has 0 bridgehead atoms. The number of nitrogens with zero attached hydrogens (tertiary/aromatic N) is 2. The van der Waals surface area contributed by atoms with Crippen LogP contribution in [0.4, 0.5) is 0 Å². The summed E-state index contributed by atoms with van der Waals surface area (Å²) >= 11 is 0. The second-order valence-electron chi connectivity index (χ2n) is 5.17. The molecule has 2 atom stereocenters. The molecule has 1 saturated heterocycles. The van der Waals surface area contributed by atoms with Crippen molar-refractivity contribution in [2.24, 2.45) is 5.73 Å². The average molecular weight is 289 g/mol. The highest BCUT2D eigenvalue weighted by Gasteiger charge is 2.20. The van der Waals surface area contributed by atoms with E-state index in [-0.39, 0.29) is 12.1 Å². The maximum absolute atomic E-state index is 5.82. The monoisotopic (exact) mass is 289 g/mol. The van der Waals surface area contributed by atoms with Gasteiger partial charge in [-0.05, 0) is 31.0 Å². The molecule has 2 N–H and O–H groups in total. The zero-order chi connectivity index (χ0) is 14.7. The minimum absolute atomic E-state index is 0.0698. The molecule has 0 aliphatic carbocycles. The lowest BCUT2D eigenvalue weighted by atomic mass is 10.1. The normalized spacial score (nSPS) is 22.2. The summed E-state index contributed by atoms with van der Waals surface area (Å²) in [5, 5.41) is 0.837. The maximum atomic E-state index is 5.82. The Hall–Kier alpha value is -1.92. The Morgan fingerprint density at radius 2 is 2.24 bits per heavy atom. The van der Waals surface area contributed by atoms with Crippen molar-refractivity contribution in [3.05, 3.63) is 24.5 Å². The zero-order valence-corrected chi connectivity index (χ0v) is 12.0. The van der Waals surface area contributed by atoms with Gasteiger partial charge in [0.1, 0.15) is 18.7 Å². The number of hydrogen-bond donors (Lipinski definition) is 1. The number of fused-ring (bicyclic) bond motifs is 1. The smallest absolute Gasteiger partial charge is 0.224 e. The number of ether oxygens (including phenoxy) is 3. The van der Waals surface area contributed by atoms with E-state index in [1.807, 2.05) is 18.2 Å². The van der Waals surface area contributed by atoms with Crippen molar-refractivity contribution in [3.8, 4) is 11.6 Å². The zero-order valence-electron chi connectivity index (χ0n) is 12.0. The van der Waals surface area contributed by atoms with Gasteiger partial charge in [-0.1, -0.05) is 0 Å². The van der Waals surface area contributed by atoms with Gasteiger partial charge in [-0.15, -0.1) is 0 Å². The van der Waals surface area contributed by atoms with Crippen molar-refractivity contribution in [1.29, 1.82) is 0 Å². The fourth-order valence-corrected chi connectivity index (χ4v) is 2.38. The van der Waals surface area contributed by atoms with Crippen LogP contribution in [0.25, 0.3) is 10.9 Å². The summed E-state index contributed by atoms with van der Waals surface area (Å²) in [6, 6.07) is 5.77. The fraction of sp³-hybridized carbons (Fsp3) is 0.467. The Morgan fingerprint density at radius 1 is 1.33 bits per heavy atom. The predicted molar refractivity (Wildman–Crippen MR) is 78.5 cm³/mol. The van der Waals surface area contributed by atoms with Gasteiger partial charge in [-0.3, -0.25) is 0 Å². The van der Waals surface area contributed by atoms with Gasteiger partial charge in [0.25, 0.3) is 0 Å². The van der Waals surface area contributed by atoms with E-state index in [2.05, 4.69) is 9.97 Å². The summed E-state index contributed by atoms with van der Waals surface area (Å²) in [6.07, 6.45) is 3.45. The van der Waals surface area contributed by atoms with Gasteiger partial charge in [-0.25, -0.2) is 9.97 Å². The molecule has 6 heteroatoms. The summed E-state index contributed by atoms with van der Waals surface area (Å²) in [6.45, 7) is 1.06. The number of aromatic nitrogens is 2. The summed E-state index contributed by atoms with van der Waals surface area (Å²) in [5.74, 6) is 1.31. The molecule has 1 aromatic carbocycles. The first-order chi connectivity index (χ1) is 10.3. The molecule has 6 nitrogen and oxygen atoms in total. The third-order valence-electron chi connectivity index (χ3n) is 3.62. The first-order valence-corrected chi connectivity index (χ1v) is 7.05. The lowest BCUT2D eigenvalue weighted by molar-refractivity contribution is -0.0202. The van der Waals surface area contributed by atoms with E-state index in [1.54, 1.807) is 7.11 Å². The summed E-state index contributed by atoms with van der Waals surface area (Å²) in [5.41, 5.74) is 6.64. The van der Waals surface area contributed by atoms with Crippen LogP contribution in [0, 0.1) is 0 Å². The van der Waals surface area contributed by atoms with E-state index >= 15 is 0 Å². The molecule has 0 amide bonds. The molecular formula is C15H19N3O3. The van der Waals surface area contributed by atoms with Crippen LogP contribution in [0.5, 0.6) is 11.6 Å². The molecular weight excluding hydrogens is 270 g/mol. The molecule has 1 aliphatic rings. The number of methoxy groups -OCH3 is 1. The molecule has 0 radical (unpaired) electrons. The van der Waals surface area contributed by atoms with Crippen LogP contribution in [0.2, 0.25) is 0 Å². The van der Waals surface area contributed by atoms with Gasteiger partial charge in [-0.2, -0.15) is 0 Å². The lowest BCUT2D eigenvalue weighted by Gasteiger charge is -2.26. The number of rotatable bonds is 4. The Morgan fingerprint density at radius 3 is 3.00 bits per heavy atom. The standard InChI is InChI=1S/C15H19N3O3/c1-19-11-4-5-14-13(6-11)15(18-9-17-14)21-8-12-3-2-10(16)7-20-12/h4-6,9-10,12H,2-3,7-8,16H2,1H3. The molecule has 0 saturated carbocycles. The van der Waals surface area contributed by atoms with Crippen molar-refractivity contribution in [2.75, 3.05) is 20.3 Å². The number of hydrogen-bond acceptors (Lipinski definition) is 6. The van der Waals surface area contributed by atoms with Crippen molar-refractivity contribution in [1.82, 2.24) is 9.97 Å². The van der Waals surface area contributed by atoms with Gasteiger partial charge >= 0.3 is 0 Å². The summed E-state index contributed by atoms with van der Waals surface area (Å²) in [4.78, 5) is 8.44. The second kappa shape index (κ2) is 6.24. The van der Waals surface area contributed by atoms with E-state index in [9.17, 15) is 0 Å². The maximum Gasteiger partial charge on any atom is 0.224 e. The largest absolute Gasteiger partial charge is 0.497 e. The topological polar surface area (TPSA) is 79.5 Å². The van der Waals surface area contributed by atoms with Gasteiger partial charge in [0.05, 0.1) is 30.7 Å². The summed E-state index contributed by atoms with van der Waals surface area (Å²) < 4.78 is 16.7. The van der Waals surface area contributed by atoms with Gasteiger partial charge in [0, 0.05) is 6.04 Å². The van der Waals surface area contributed by atoms with Crippen molar-refractivity contribution in [3.63, 3.8) is 0 Å². The molecule has 2 heterocycles. The molecule has 1 aliphatic heterocycles. The molecule has 1 aromatic heterocycles. The predicted octanol–water partition coefficient (Wildman–Crippen LogP) is 1.52. The van der Waals surface area contributed by atoms with Crippen LogP contribution >= 0.6 is 0 Å². The first-order valence-electron chi connectivity index (χ1n) is 7.05. The Kier molecular flexibility index (Phi) is 4.17. The van der Waals surface area contributed by atoms with Crippen LogP contribution in [0.1, 0.15) is 12.8 Å². The van der Waals surface area contributed by atoms with E-state index in [0.717, 1.165) is 29.5 Å². The Balaban J connectivity index is 1.74. The first kappa shape index (κ1) is 14.0. The Bertz CT molecular complexity index is 612. The van der Waals surface area contributed by atoms with Crippen LogP contribution < -0.4 is 15.2 Å². The highest BCUT2D eigenvalue weighted by Crippen LogP contribution is 2.26. The van der Waals surface area contributed by atoms with Crippen molar-refractivity contribution in [2.45, 2.75) is 25.0 Å². The highest BCUT2D eigenvalue weighted by molar-refractivity contribution is 5.84. The van der Waals surface area contributed by atoms with E-state index in [4.69, 9.17) is 19.9 Å². The average Bonchev–Trinajstić information content (AvgIpc) is 2.54. The van der Waals surface area contributed by atoms with Gasteiger partial charge in [0.2, 0.25) is 5.88 Å². The van der Waals surface area contributed by atoms with Crippen LogP contribution in [-0.2, 0) is 4.74 Å².